The van der Waals surface area contributed by atoms with E-state index < -0.39 is 15.7 Å². The van der Waals surface area contributed by atoms with Crippen LogP contribution in [0.25, 0.3) is 10.9 Å². The molecule has 1 aliphatic rings. The molecular formula is C20H18N2O2S. The predicted molar refractivity (Wildman–Crippen MR) is 103 cm³/mol. The highest BCUT2D eigenvalue weighted by atomic mass is 32.2. The van der Waals surface area contributed by atoms with Crippen LogP contribution >= 0.6 is 10.5 Å². The van der Waals surface area contributed by atoms with Crippen LogP contribution in [0.5, 0.6) is 0 Å². The lowest BCUT2D eigenvalue weighted by Gasteiger charge is -2.07. The van der Waals surface area contributed by atoms with E-state index in [2.05, 4.69) is 40.9 Å². The summed E-state index contributed by atoms with van der Waals surface area (Å²) in [5.74, 6) is 3.68. The van der Waals surface area contributed by atoms with Gasteiger partial charge in [0.1, 0.15) is 5.25 Å². The van der Waals surface area contributed by atoms with Crippen LogP contribution in [0.3, 0.4) is 0 Å². The SMILES string of the molecule is C=S1C(=O)NC(=O)C1c1cn(Cc2cccc(C)c2)c2ccccc12. The average molecular weight is 350 g/mol. The Labute approximate surface area is 148 Å². The van der Waals surface area contributed by atoms with Gasteiger partial charge in [0.25, 0.3) is 5.24 Å². The molecular weight excluding hydrogens is 332 g/mol. The van der Waals surface area contributed by atoms with E-state index >= 15 is 0 Å². The fourth-order valence-corrected chi connectivity index (χ4v) is 4.64. The maximum Gasteiger partial charge on any atom is 0.280 e. The molecule has 0 radical (unpaired) electrons. The van der Waals surface area contributed by atoms with Crippen molar-refractivity contribution >= 4 is 38.4 Å². The van der Waals surface area contributed by atoms with E-state index in [0.717, 1.165) is 23.0 Å². The molecule has 25 heavy (non-hydrogen) atoms. The van der Waals surface area contributed by atoms with Crippen molar-refractivity contribution in [2.75, 3.05) is 0 Å². The summed E-state index contributed by atoms with van der Waals surface area (Å²) in [6.07, 6.45) is 2.00. The van der Waals surface area contributed by atoms with Gasteiger partial charge in [-0.3, -0.25) is 14.9 Å². The highest BCUT2D eigenvalue weighted by molar-refractivity contribution is 8.28. The summed E-state index contributed by atoms with van der Waals surface area (Å²) in [5, 5.41) is 2.64. The third-order valence-corrected chi connectivity index (χ3v) is 6.14. The first-order valence-electron chi connectivity index (χ1n) is 8.05. The zero-order valence-corrected chi connectivity index (χ0v) is 14.7. The largest absolute Gasteiger partial charge is 0.343 e. The highest BCUT2D eigenvalue weighted by Gasteiger charge is 2.36. The topological polar surface area (TPSA) is 51.1 Å². The van der Waals surface area contributed by atoms with Gasteiger partial charge >= 0.3 is 0 Å². The molecule has 2 heterocycles. The number of amides is 2. The normalized spacial score (nSPS) is 20.2. The van der Waals surface area contributed by atoms with E-state index in [1.54, 1.807) is 0 Å². The third kappa shape index (κ3) is 2.70. The summed E-state index contributed by atoms with van der Waals surface area (Å²) in [4.78, 5) is 24.1. The summed E-state index contributed by atoms with van der Waals surface area (Å²) in [6.45, 7) is 2.79. The molecule has 4 rings (SSSR count). The number of fused-ring (bicyclic) bond motifs is 1. The molecule has 1 aromatic heterocycles. The Morgan fingerprint density at radius 3 is 2.68 bits per heavy atom. The first-order chi connectivity index (χ1) is 12.0. The lowest BCUT2D eigenvalue weighted by molar-refractivity contribution is -0.119. The molecule has 1 fully saturated rings. The zero-order valence-electron chi connectivity index (χ0n) is 13.9. The van der Waals surface area contributed by atoms with Crippen LogP contribution in [0, 0.1) is 6.92 Å². The maximum absolute atomic E-state index is 12.3. The number of para-hydroxylation sites is 1. The smallest absolute Gasteiger partial charge is 0.280 e. The van der Waals surface area contributed by atoms with Crippen molar-refractivity contribution in [2.24, 2.45) is 0 Å². The minimum Gasteiger partial charge on any atom is -0.343 e. The Morgan fingerprint density at radius 2 is 1.96 bits per heavy atom. The van der Waals surface area contributed by atoms with Gasteiger partial charge in [0.2, 0.25) is 5.91 Å². The van der Waals surface area contributed by atoms with E-state index in [1.807, 2.05) is 36.5 Å². The predicted octanol–water partition coefficient (Wildman–Crippen LogP) is 3.99. The van der Waals surface area contributed by atoms with Crippen LogP contribution in [0.15, 0.2) is 54.7 Å². The maximum atomic E-state index is 12.3. The van der Waals surface area contributed by atoms with Crippen LogP contribution < -0.4 is 5.32 Å². The van der Waals surface area contributed by atoms with Gasteiger partial charge in [0, 0.05) is 29.2 Å². The summed E-state index contributed by atoms with van der Waals surface area (Å²) >= 11 is 0. The molecule has 1 saturated heterocycles. The molecule has 0 aliphatic carbocycles. The van der Waals surface area contributed by atoms with Crippen LogP contribution in [0.4, 0.5) is 4.79 Å². The van der Waals surface area contributed by atoms with E-state index in [1.165, 1.54) is 11.1 Å². The number of imide groups is 1. The second-order valence-corrected chi connectivity index (χ2v) is 8.00. The molecule has 3 aromatic rings. The van der Waals surface area contributed by atoms with Crippen LogP contribution in [0.1, 0.15) is 21.9 Å². The van der Waals surface area contributed by atoms with Crippen LogP contribution in [0.2, 0.25) is 0 Å². The summed E-state index contributed by atoms with van der Waals surface area (Å²) in [6, 6.07) is 16.4. The molecule has 0 bridgehead atoms. The Bertz CT molecular complexity index is 1040. The van der Waals surface area contributed by atoms with E-state index in [4.69, 9.17) is 0 Å². The molecule has 2 amide bonds. The summed E-state index contributed by atoms with van der Waals surface area (Å²) in [5.41, 5.74) is 4.36. The molecule has 5 heteroatoms. The van der Waals surface area contributed by atoms with Crippen molar-refractivity contribution in [3.05, 3.63) is 71.4 Å². The second-order valence-electron chi connectivity index (χ2n) is 6.30. The zero-order chi connectivity index (χ0) is 17.6. The van der Waals surface area contributed by atoms with Crippen LogP contribution in [-0.2, 0) is 11.3 Å². The third-order valence-electron chi connectivity index (χ3n) is 4.52. The van der Waals surface area contributed by atoms with Gasteiger partial charge in [-0.1, -0.05) is 64.4 Å². The van der Waals surface area contributed by atoms with Gasteiger partial charge < -0.3 is 4.57 Å². The van der Waals surface area contributed by atoms with Crippen molar-refractivity contribution in [3.63, 3.8) is 0 Å². The van der Waals surface area contributed by atoms with Crippen molar-refractivity contribution in [1.82, 2.24) is 9.88 Å². The molecule has 0 saturated carbocycles. The van der Waals surface area contributed by atoms with Gasteiger partial charge in [-0.15, -0.1) is 0 Å². The first kappa shape index (κ1) is 15.8. The number of nitrogens with one attached hydrogen (secondary N) is 1. The van der Waals surface area contributed by atoms with Crippen molar-refractivity contribution < 1.29 is 9.59 Å². The number of carbonyl (C=O) groups is 2. The van der Waals surface area contributed by atoms with Gasteiger partial charge in [-0.25, -0.2) is 0 Å². The van der Waals surface area contributed by atoms with Gasteiger partial charge in [-0.2, -0.15) is 0 Å². The minimum atomic E-state index is -0.892. The second kappa shape index (κ2) is 6.01. The quantitative estimate of drug-likeness (QED) is 0.726. The summed E-state index contributed by atoms with van der Waals surface area (Å²) < 4.78 is 2.15. The van der Waals surface area contributed by atoms with Crippen molar-refractivity contribution in [3.8, 4) is 0 Å². The van der Waals surface area contributed by atoms with Gasteiger partial charge in [0.15, 0.2) is 0 Å². The highest BCUT2D eigenvalue weighted by Crippen LogP contribution is 2.42. The average Bonchev–Trinajstić information content (AvgIpc) is 3.05. The fraction of sp³-hybridized carbons (Fsp3) is 0.150. The molecule has 4 nitrogen and oxygen atoms in total. The van der Waals surface area contributed by atoms with Gasteiger partial charge in [0.05, 0.1) is 0 Å². The number of hydrogen-bond acceptors (Lipinski definition) is 2. The lowest BCUT2D eigenvalue weighted by Crippen LogP contribution is -2.20. The number of benzene rings is 2. The molecule has 2 unspecified atom stereocenters. The van der Waals surface area contributed by atoms with Gasteiger partial charge in [-0.05, 0) is 18.6 Å². The minimum absolute atomic E-state index is 0.248. The van der Waals surface area contributed by atoms with E-state index in [0.29, 0.717) is 0 Å². The fourth-order valence-electron chi connectivity index (χ4n) is 3.38. The Kier molecular flexibility index (Phi) is 3.81. The summed E-state index contributed by atoms with van der Waals surface area (Å²) in [7, 11) is -0.892. The first-order valence-corrected chi connectivity index (χ1v) is 9.51. The Balaban J connectivity index is 1.83. The number of carbonyl (C=O) groups excluding carboxylic acids is 2. The monoisotopic (exact) mass is 350 g/mol. The molecule has 1 N–H and O–H groups in total. The lowest BCUT2D eigenvalue weighted by atomic mass is 10.1. The molecule has 126 valence electrons. The van der Waals surface area contributed by atoms with E-state index in [9.17, 15) is 9.59 Å². The number of hydrogen-bond donors (Lipinski definition) is 1. The van der Waals surface area contributed by atoms with E-state index in [-0.39, 0.29) is 11.1 Å². The number of nitrogens with zero attached hydrogens (tertiary/aromatic N) is 1. The number of aromatic nitrogens is 1. The van der Waals surface area contributed by atoms with Crippen molar-refractivity contribution in [2.45, 2.75) is 18.7 Å². The Morgan fingerprint density at radius 1 is 1.16 bits per heavy atom. The number of rotatable bonds is 3. The molecule has 2 aromatic carbocycles. The molecule has 2 atom stereocenters. The Hall–Kier alpha value is -2.66. The van der Waals surface area contributed by atoms with Crippen molar-refractivity contribution in [1.29, 1.82) is 0 Å². The molecule has 0 spiro atoms. The number of aryl methyl sites for hydroxylation is 1. The van der Waals surface area contributed by atoms with Crippen LogP contribution in [-0.4, -0.2) is 21.6 Å². The standard InChI is InChI=1S/C20H18N2O2S/c1-13-6-5-7-14(10-13)11-22-12-16(15-8-3-4-9-17(15)22)18-19(23)21-20(24)25(18)2/h3-10,12,18H,2,11H2,1H3,(H,21,23,24). The molecule has 1 aliphatic heterocycles.